The summed E-state index contributed by atoms with van der Waals surface area (Å²) in [5.74, 6) is 1.44. The van der Waals surface area contributed by atoms with E-state index in [0.29, 0.717) is 11.0 Å². The van der Waals surface area contributed by atoms with E-state index in [1.165, 1.54) is 0 Å². The van der Waals surface area contributed by atoms with Crippen molar-refractivity contribution in [1.82, 2.24) is 19.7 Å². The van der Waals surface area contributed by atoms with Crippen molar-refractivity contribution in [3.05, 3.63) is 34.0 Å². The van der Waals surface area contributed by atoms with Crippen LogP contribution < -0.4 is 0 Å². The van der Waals surface area contributed by atoms with E-state index in [0.717, 1.165) is 35.6 Å². The fourth-order valence-corrected chi connectivity index (χ4v) is 2.08. The highest BCUT2D eigenvalue weighted by atomic mass is 35.5. The van der Waals surface area contributed by atoms with Gasteiger partial charge in [-0.25, -0.2) is 14.6 Å². The predicted octanol–water partition coefficient (Wildman–Crippen LogP) is 3.06. The highest BCUT2D eigenvalue weighted by Crippen LogP contribution is 2.21. The lowest BCUT2D eigenvalue weighted by atomic mass is 10.2. The molecule has 0 radical (unpaired) electrons. The molecule has 2 aromatic heterocycles. The maximum Gasteiger partial charge on any atom is 0.161 e. The Morgan fingerprint density at radius 2 is 1.89 bits per heavy atom. The second-order valence-corrected chi connectivity index (χ2v) is 4.61. The molecule has 96 valence electrons. The molecule has 4 nitrogen and oxygen atoms in total. The summed E-state index contributed by atoms with van der Waals surface area (Å²) < 4.78 is 1.88. The molecule has 18 heavy (non-hydrogen) atoms. The van der Waals surface area contributed by atoms with Gasteiger partial charge in [-0.15, -0.1) is 0 Å². The van der Waals surface area contributed by atoms with E-state index in [-0.39, 0.29) is 0 Å². The van der Waals surface area contributed by atoms with E-state index in [2.05, 4.69) is 35.0 Å². The van der Waals surface area contributed by atoms with Crippen LogP contribution in [0, 0.1) is 13.8 Å². The second kappa shape index (κ2) is 5.06. The molecule has 0 aliphatic rings. The molecule has 0 aromatic carbocycles. The van der Waals surface area contributed by atoms with Crippen molar-refractivity contribution in [3.8, 4) is 5.82 Å². The molecule has 2 heterocycles. The fourth-order valence-electron chi connectivity index (χ4n) is 1.87. The van der Waals surface area contributed by atoms with E-state index in [9.17, 15) is 0 Å². The van der Waals surface area contributed by atoms with Gasteiger partial charge in [0.25, 0.3) is 0 Å². The van der Waals surface area contributed by atoms with Crippen LogP contribution in [-0.4, -0.2) is 19.7 Å². The summed E-state index contributed by atoms with van der Waals surface area (Å²) >= 11 is 6.11. The monoisotopic (exact) mass is 264 g/mol. The summed E-state index contributed by atoms with van der Waals surface area (Å²) in [6.07, 6.45) is 1.82. The minimum Gasteiger partial charge on any atom is -0.221 e. The first-order chi connectivity index (χ1) is 8.56. The van der Waals surface area contributed by atoms with Gasteiger partial charge < -0.3 is 0 Å². The van der Waals surface area contributed by atoms with Crippen molar-refractivity contribution in [2.24, 2.45) is 0 Å². The largest absolute Gasteiger partial charge is 0.221 e. The molecule has 0 atom stereocenters. The van der Waals surface area contributed by atoms with Gasteiger partial charge in [-0.05, 0) is 32.8 Å². The first-order valence-electron chi connectivity index (χ1n) is 6.15. The van der Waals surface area contributed by atoms with E-state index < -0.39 is 0 Å². The standard InChI is InChI=1S/C13H17ClN4/c1-5-10-7-11(6-2)18(17-10)13-8(3)12(14)15-9(4)16-13/h7H,5-6H2,1-4H3. The van der Waals surface area contributed by atoms with Crippen LogP contribution in [0.1, 0.15) is 36.6 Å². The van der Waals surface area contributed by atoms with Crippen molar-refractivity contribution in [2.45, 2.75) is 40.5 Å². The average Bonchev–Trinajstić information content (AvgIpc) is 2.76. The van der Waals surface area contributed by atoms with Gasteiger partial charge in [0.1, 0.15) is 11.0 Å². The van der Waals surface area contributed by atoms with Crippen molar-refractivity contribution < 1.29 is 0 Å². The minimum absolute atomic E-state index is 0.494. The molecule has 0 saturated carbocycles. The smallest absolute Gasteiger partial charge is 0.161 e. The average molecular weight is 265 g/mol. The molecule has 0 N–H and O–H groups in total. The van der Waals surface area contributed by atoms with Crippen molar-refractivity contribution in [2.75, 3.05) is 0 Å². The summed E-state index contributed by atoms with van der Waals surface area (Å²) in [5, 5.41) is 5.07. The molecule has 0 aliphatic carbocycles. The number of nitrogens with zero attached hydrogens (tertiary/aromatic N) is 4. The molecule has 0 unspecified atom stereocenters. The highest BCUT2D eigenvalue weighted by molar-refractivity contribution is 6.30. The van der Waals surface area contributed by atoms with Crippen LogP contribution in [0.15, 0.2) is 6.07 Å². The SMILES string of the molecule is CCc1cc(CC)n(-c2nc(C)nc(Cl)c2C)n1. The molecule has 0 saturated heterocycles. The fraction of sp³-hybridized carbons (Fsp3) is 0.462. The molecule has 0 amide bonds. The van der Waals surface area contributed by atoms with Crippen LogP contribution in [0.2, 0.25) is 5.15 Å². The Labute approximate surface area is 112 Å². The molecule has 0 fully saturated rings. The molecule has 2 rings (SSSR count). The lowest BCUT2D eigenvalue weighted by molar-refractivity contribution is 0.756. The normalized spacial score (nSPS) is 10.9. The summed E-state index contributed by atoms with van der Waals surface area (Å²) in [4.78, 5) is 8.62. The topological polar surface area (TPSA) is 43.6 Å². The van der Waals surface area contributed by atoms with Crippen LogP contribution in [0.3, 0.4) is 0 Å². The molecule has 0 bridgehead atoms. The van der Waals surface area contributed by atoms with Gasteiger partial charge in [-0.1, -0.05) is 25.4 Å². The van der Waals surface area contributed by atoms with Gasteiger partial charge >= 0.3 is 0 Å². The number of hydrogen-bond donors (Lipinski definition) is 0. The van der Waals surface area contributed by atoms with E-state index in [1.54, 1.807) is 0 Å². The van der Waals surface area contributed by atoms with Crippen LogP contribution in [0.4, 0.5) is 0 Å². The zero-order chi connectivity index (χ0) is 13.3. The summed E-state index contributed by atoms with van der Waals surface area (Å²) in [6, 6.07) is 2.12. The molecular formula is C13H17ClN4. The molecular weight excluding hydrogens is 248 g/mol. The summed E-state index contributed by atoms with van der Waals surface area (Å²) in [5.41, 5.74) is 3.07. The third kappa shape index (κ3) is 2.25. The molecule has 2 aromatic rings. The Kier molecular flexibility index (Phi) is 3.66. The lowest BCUT2D eigenvalue weighted by Gasteiger charge is -2.09. The minimum atomic E-state index is 0.494. The van der Waals surface area contributed by atoms with Gasteiger partial charge in [0.15, 0.2) is 5.82 Å². The Bertz CT molecular complexity index is 575. The van der Waals surface area contributed by atoms with Crippen LogP contribution in [0.25, 0.3) is 5.82 Å². The zero-order valence-electron chi connectivity index (χ0n) is 11.2. The first-order valence-corrected chi connectivity index (χ1v) is 6.53. The zero-order valence-corrected chi connectivity index (χ0v) is 11.9. The van der Waals surface area contributed by atoms with Crippen LogP contribution in [0.5, 0.6) is 0 Å². The number of aromatic nitrogens is 4. The van der Waals surface area contributed by atoms with Crippen molar-refractivity contribution >= 4 is 11.6 Å². The summed E-state index contributed by atoms with van der Waals surface area (Å²) in [6.45, 7) is 7.96. The Morgan fingerprint density at radius 3 is 2.50 bits per heavy atom. The Balaban J connectivity index is 2.64. The Morgan fingerprint density at radius 1 is 1.17 bits per heavy atom. The quantitative estimate of drug-likeness (QED) is 0.801. The first kappa shape index (κ1) is 13.0. The van der Waals surface area contributed by atoms with Gasteiger partial charge in [-0.2, -0.15) is 5.10 Å². The third-order valence-electron chi connectivity index (χ3n) is 2.93. The van der Waals surface area contributed by atoms with E-state index >= 15 is 0 Å². The van der Waals surface area contributed by atoms with Gasteiger partial charge in [0.2, 0.25) is 0 Å². The molecule has 0 aliphatic heterocycles. The summed E-state index contributed by atoms with van der Waals surface area (Å²) in [7, 11) is 0. The van der Waals surface area contributed by atoms with Gasteiger partial charge in [-0.3, -0.25) is 0 Å². The third-order valence-corrected chi connectivity index (χ3v) is 3.30. The molecule has 0 spiro atoms. The maximum atomic E-state index is 6.11. The predicted molar refractivity (Wildman–Crippen MR) is 72.4 cm³/mol. The number of halogens is 1. The highest BCUT2D eigenvalue weighted by Gasteiger charge is 2.14. The number of rotatable bonds is 3. The van der Waals surface area contributed by atoms with Crippen LogP contribution >= 0.6 is 11.6 Å². The van der Waals surface area contributed by atoms with E-state index in [1.807, 2.05) is 18.5 Å². The number of hydrogen-bond acceptors (Lipinski definition) is 3. The van der Waals surface area contributed by atoms with Gasteiger partial charge in [0.05, 0.1) is 5.69 Å². The maximum absolute atomic E-state index is 6.11. The molecule has 5 heteroatoms. The van der Waals surface area contributed by atoms with Gasteiger partial charge in [0, 0.05) is 11.3 Å². The van der Waals surface area contributed by atoms with Crippen LogP contribution in [-0.2, 0) is 12.8 Å². The second-order valence-electron chi connectivity index (χ2n) is 4.26. The lowest BCUT2D eigenvalue weighted by Crippen LogP contribution is -2.09. The van der Waals surface area contributed by atoms with Crippen molar-refractivity contribution in [1.29, 1.82) is 0 Å². The number of aryl methyl sites for hydroxylation is 3. The Hall–Kier alpha value is -1.42. The van der Waals surface area contributed by atoms with E-state index in [4.69, 9.17) is 11.6 Å². The van der Waals surface area contributed by atoms with Crippen molar-refractivity contribution in [3.63, 3.8) is 0 Å².